The second-order valence-electron chi connectivity index (χ2n) is 7.44. The van der Waals surface area contributed by atoms with E-state index in [1.165, 1.54) is 16.2 Å². The number of nitrogens with one attached hydrogen (secondary N) is 1. The average Bonchev–Trinajstić information content (AvgIpc) is 3.45. The van der Waals surface area contributed by atoms with Crippen LogP contribution >= 0.6 is 22.7 Å². The van der Waals surface area contributed by atoms with Crippen LogP contribution in [0.1, 0.15) is 33.3 Å². The van der Waals surface area contributed by atoms with Crippen molar-refractivity contribution >= 4 is 44.5 Å². The summed E-state index contributed by atoms with van der Waals surface area (Å²) >= 11 is 3.12. The predicted molar refractivity (Wildman–Crippen MR) is 127 cm³/mol. The summed E-state index contributed by atoms with van der Waals surface area (Å²) in [6, 6.07) is 15.8. The lowest BCUT2D eigenvalue weighted by molar-refractivity contribution is 0.102. The number of benzene rings is 1. The Morgan fingerprint density at radius 1 is 1.29 bits per heavy atom. The first-order chi connectivity index (χ1) is 15.2. The zero-order valence-electron chi connectivity index (χ0n) is 17.0. The molecule has 0 saturated carbocycles. The molecule has 1 aliphatic heterocycles. The minimum Gasteiger partial charge on any atom is -0.312 e. The minimum atomic E-state index is -0.209. The zero-order chi connectivity index (χ0) is 21.4. The number of pyridine rings is 1. The highest BCUT2D eigenvalue weighted by Gasteiger charge is 2.25. The molecule has 4 aromatic rings. The SMILES string of the molecule is CCN1CCc2c(sc(NC(=O)c3cc(-c4cccs4)nc4ccccc34)c2C#N)C1. The average molecular weight is 445 g/mol. The van der Waals surface area contributed by atoms with Crippen molar-refractivity contribution in [2.24, 2.45) is 0 Å². The summed E-state index contributed by atoms with van der Waals surface area (Å²) in [6.07, 6.45) is 0.846. The fourth-order valence-electron chi connectivity index (χ4n) is 4.02. The van der Waals surface area contributed by atoms with Crippen LogP contribution in [0.15, 0.2) is 47.8 Å². The van der Waals surface area contributed by atoms with Gasteiger partial charge in [-0.3, -0.25) is 9.69 Å². The summed E-state index contributed by atoms with van der Waals surface area (Å²) in [5, 5.41) is 16.3. The van der Waals surface area contributed by atoms with Crippen molar-refractivity contribution in [3.05, 3.63) is 69.4 Å². The third kappa shape index (κ3) is 3.63. The summed E-state index contributed by atoms with van der Waals surface area (Å²) in [5.41, 5.74) is 3.83. The summed E-state index contributed by atoms with van der Waals surface area (Å²) in [6.45, 7) is 4.91. The van der Waals surface area contributed by atoms with Gasteiger partial charge in [-0.25, -0.2) is 4.98 Å². The number of hydrogen-bond acceptors (Lipinski definition) is 6. The number of likely N-dealkylation sites (N-methyl/N-ethyl adjacent to an activating group) is 1. The molecule has 0 saturated heterocycles. The molecule has 3 aromatic heterocycles. The molecule has 1 amide bonds. The van der Waals surface area contributed by atoms with Gasteiger partial charge >= 0.3 is 0 Å². The molecule has 0 fully saturated rings. The molecule has 0 unspecified atom stereocenters. The molecule has 0 aliphatic carbocycles. The first-order valence-corrected chi connectivity index (χ1v) is 11.9. The second kappa shape index (κ2) is 8.23. The van der Waals surface area contributed by atoms with Gasteiger partial charge in [-0.1, -0.05) is 31.2 Å². The Balaban J connectivity index is 1.55. The predicted octanol–water partition coefficient (Wildman–Crippen LogP) is 5.53. The second-order valence-corrected chi connectivity index (χ2v) is 9.49. The van der Waals surface area contributed by atoms with E-state index < -0.39 is 0 Å². The van der Waals surface area contributed by atoms with E-state index >= 15 is 0 Å². The largest absolute Gasteiger partial charge is 0.312 e. The van der Waals surface area contributed by atoms with Crippen molar-refractivity contribution in [2.45, 2.75) is 19.9 Å². The number of rotatable bonds is 4. The van der Waals surface area contributed by atoms with E-state index in [-0.39, 0.29) is 5.91 Å². The lowest BCUT2D eigenvalue weighted by Gasteiger charge is -2.24. The fourth-order valence-corrected chi connectivity index (χ4v) is 5.94. The fraction of sp³-hybridized carbons (Fsp3) is 0.208. The molecule has 1 aliphatic rings. The van der Waals surface area contributed by atoms with E-state index in [4.69, 9.17) is 4.98 Å². The number of thiophene rings is 2. The van der Waals surface area contributed by atoms with Gasteiger partial charge < -0.3 is 5.32 Å². The van der Waals surface area contributed by atoms with E-state index in [0.717, 1.165) is 53.1 Å². The molecule has 5 nitrogen and oxygen atoms in total. The third-order valence-electron chi connectivity index (χ3n) is 5.66. The molecule has 5 rings (SSSR count). The summed E-state index contributed by atoms with van der Waals surface area (Å²) in [4.78, 5) is 22.7. The molecule has 31 heavy (non-hydrogen) atoms. The van der Waals surface area contributed by atoms with Gasteiger partial charge in [0.15, 0.2) is 0 Å². The number of nitrogens with zero attached hydrogens (tertiary/aromatic N) is 3. The van der Waals surface area contributed by atoms with Gasteiger partial charge in [0.2, 0.25) is 0 Å². The van der Waals surface area contributed by atoms with Crippen molar-refractivity contribution < 1.29 is 4.79 Å². The first-order valence-electron chi connectivity index (χ1n) is 10.2. The Kier molecular flexibility index (Phi) is 5.28. The highest BCUT2D eigenvalue weighted by atomic mass is 32.1. The number of carbonyl (C=O) groups is 1. The molecule has 0 spiro atoms. The topological polar surface area (TPSA) is 69.0 Å². The summed E-state index contributed by atoms with van der Waals surface area (Å²) < 4.78 is 0. The number of amides is 1. The van der Waals surface area contributed by atoms with Gasteiger partial charge in [0.25, 0.3) is 5.91 Å². The van der Waals surface area contributed by atoms with Gasteiger partial charge in [-0.15, -0.1) is 22.7 Å². The van der Waals surface area contributed by atoms with Crippen LogP contribution < -0.4 is 5.32 Å². The van der Waals surface area contributed by atoms with Crippen molar-refractivity contribution in [3.8, 4) is 16.6 Å². The van der Waals surface area contributed by atoms with Crippen LogP contribution in [0.2, 0.25) is 0 Å². The smallest absolute Gasteiger partial charge is 0.257 e. The van der Waals surface area contributed by atoms with E-state index in [9.17, 15) is 10.1 Å². The number of para-hydroxylation sites is 1. The number of carbonyl (C=O) groups excluding carboxylic acids is 1. The Morgan fingerprint density at radius 3 is 2.94 bits per heavy atom. The maximum Gasteiger partial charge on any atom is 0.257 e. The zero-order valence-corrected chi connectivity index (χ0v) is 18.6. The van der Waals surface area contributed by atoms with Gasteiger partial charge in [-0.2, -0.15) is 5.26 Å². The van der Waals surface area contributed by atoms with Gasteiger partial charge in [0.05, 0.1) is 27.2 Å². The van der Waals surface area contributed by atoms with Gasteiger partial charge in [0, 0.05) is 23.4 Å². The number of aromatic nitrogens is 1. The van der Waals surface area contributed by atoms with Crippen LogP contribution in [0.3, 0.4) is 0 Å². The van der Waals surface area contributed by atoms with Crippen LogP contribution in [0, 0.1) is 11.3 Å². The van der Waals surface area contributed by atoms with E-state index in [0.29, 0.717) is 16.1 Å². The van der Waals surface area contributed by atoms with Crippen molar-refractivity contribution in [1.82, 2.24) is 9.88 Å². The van der Waals surface area contributed by atoms with Crippen molar-refractivity contribution in [2.75, 3.05) is 18.4 Å². The molecular formula is C24H20N4OS2. The highest BCUT2D eigenvalue weighted by molar-refractivity contribution is 7.16. The highest BCUT2D eigenvalue weighted by Crippen LogP contribution is 2.37. The third-order valence-corrected chi connectivity index (χ3v) is 7.68. The van der Waals surface area contributed by atoms with Crippen LogP contribution in [0.25, 0.3) is 21.5 Å². The standard InChI is InChI=1S/C24H20N4OS2/c1-2-28-10-9-16-18(13-25)24(31-22(16)14-28)27-23(29)17-12-20(21-8-5-11-30-21)26-19-7-4-3-6-15(17)19/h3-8,11-12H,2,9-10,14H2,1H3,(H,27,29). The van der Waals surface area contributed by atoms with Crippen molar-refractivity contribution in [1.29, 1.82) is 5.26 Å². The van der Waals surface area contributed by atoms with Crippen LogP contribution in [-0.4, -0.2) is 28.9 Å². The van der Waals surface area contributed by atoms with Crippen LogP contribution in [-0.2, 0) is 13.0 Å². The molecule has 4 heterocycles. The van der Waals surface area contributed by atoms with Crippen molar-refractivity contribution in [3.63, 3.8) is 0 Å². The van der Waals surface area contributed by atoms with Crippen LogP contribution in [0.4, 0.5) is 5.00 Å². The lowest BCUT2D eigenvalue weighted by Crippen LogP contribution is -2.29. The van der Waals surface area contributed by atoms with Gasteiger partial charge in [0.1, 0.15) is 11.1 Å². The number of anilines is 1. The Bertz CT molecular complexity index is 1320. The van der Waals surface area contributed by atoms with Gasteiger partial charge in [-0.05, 0) is 42.1 Å². The normalized spacial score (nSPS) is 13.7. The van der Waals surface area contributed by atoms with Crippen LogP contribution in [0.5, 0.6) is 0 Å². The molecule has 7 heteroatoms. The monoisotopic (exact) mass is 444 g/mol. The molecule has 0 atom stereocenters. The van der Waals surface area contributed by atoms with E-state index in [1.54, 1.807) is 11.3 Å². The number of fused-ring (bicyclic) bond motifs is 2. The molecule has 0 radical (unpaired) electrons. The Hall–Kier alpha value is -3.05. The number of hydrogen-bond donors (Lipinski definition) is 1. The number of nitriles is 1. The molecule has 0 bridgehead atoms. The molecular weight excluding hydrogens is 424 g/mol. The summed E-state index contributed by atoms with van der Waals surface area (Å²) in [7, 11) is 0. The quantitative estimate of drug-likeness (QED) is 0.450. The maximum atomic E-state index is 13.4. The van der Waals surface area contributed by atoms with E-state index in [1.807, 2.05) is 47.8 Å². The van der Waals surface area contributed by atoms with E-state index in [2.05, 4.69) is 23.2 Å². The molecule has 1 aromatic carbocycles. The summed E-state index contributed by atoms with van der Waals surface area (Å²) in [5.74, 6) is -0.209. The minimum absolute atomic E-state index is 0.209. The Labute approximate surface area is 188 Å². The molecule has 154 valence electrons. The molecule has 1 N–H and O–H groups in total. The Morgan fingerprint density at radius 2 is 2.16 bits per heavy atom. The maximum absolute atomic E-state index is 13.4. The lowest BCUT2D eigenvalue weighted by atomic mass is 10.0. The first kappa shape index (κ1) is 19.9.